The summed E-state index contributed by atoms with van der Waals surface area (Å²) in [7, 11) is 0. The monoisotopic (exact) mass is 500 g/mol. The predicted octanol–water partition coefficient (Wildman–Crippen LogP) is 5.62. The molecule has 2 heterocycles. The van der Waals surface area contributed by atoms with Crippen molar-refractivity contribution in [1.82, 2.24) is 0 Å². The third-order valence-electron chi connectivity index (χ3n) is 6.75. The number of benzene rings is 3. The molecule has 5 rings (SSSR count). The molecule has 7 nitrogen and oxygen atoms in total. The van der Waals surface area contributed by atoms with Gasteiger partial charge in [-0.05, 0) is 67.8 Å². The molecule has 0 unspecified atom stereocenters. The lowest BCUT2D eigenvalue weighted by molar-refractivity contribution is -0.126. The van der Waals surface area contributed by atoms with Crippen LogP contribution in [0.4, 0.5) is 11.4 Å². The molecule has 3 atom stereocenters. The molecule has 2 aliphatic heterocycles. The maximum atomic E-state index is 13.9. The minimum absolute atomic E-state index is 0.273. The molecule has 0 spiro atoms. The molecule has 37 heavy (non-hydrogen) atoms. The third kappa shape index (κ3) is 4.67. The van der Waals surface area contributed by atoms with Gasteiger partial charge in [0.15, 0.2) is 17.6 Å². The summed E-state index contributed by atoms with van der Waals surface area (Å²) in [5.41, 5.74) is 3.12. The summed E-state index contributed by atoms with van der Waals surface area (Å²) in [4.78, 5) is 34.9. The van der Waals surface area contributed by atoms with Gasteiger partial charge in [-0.25, -0.2) is 9.96 Å². The number of carbonyl (C=O) groups is 2. The summed E-state index contributed by atoms with van der Waals surface area (Å²) in [5, 5.41) is 1.70. The number of hydrogen-bond acceptors (Lipinski definition) is 6. The maximum absolute atomic E-state index is 13.9. The number of nitrogens with zero attached hydrogens (tertiary/aromatic N) is 2. The second-order valence-electron chi connectivity index (χ2n) is 9.35. The van der Waals surface area contributed by atoms with Gasteiger partial charge in [-0.2, -0.15) is 0 Å². The van der Waals surface area contributed by atoms with Crippen molar-refractivity contribution in [3.8, 4) is 11.5 Å². The lowest BCUT2D eigenvalue weighted by Gasteiger charge is -2.29. The average Bonchev–Trinajstić information content (AvgIpc) is 3.41. The van der Waals surface area contributed by atoms with Crippen LogP contribution < -0.4 is 19.4 Å². The van der Waals surface area contributed by atoms with Crippen LogP contribution in [0.5, 0.6) is 11.5 Å². The number of amides is 2. The Kier molecular flexibility index (Phi) is 7.15. The fourth-order valence-electron chi connectivity index (χ4n) is 5.00. The smallest absolute Gasteiger partial charge is 0.266 e. The first-order chi connectivity index (χ1) is 18.0. The summed E-state index contributed by atoms with van der Waals surface area (Å²) >= 11 is 0. The highest BCUT2D eigenvalue weighted by molar-refractivity contribution is 6.24. The highest BCUT2D eigenvalue weighted by Gasteiger charge is 2.60. The minimum Gasteiger partial charge on any atom is -0.490 e. The summed E-state index contributed by atoms with van der Waals surface area (Å²) in [6.07, 6.45) is 1.06. The summed E-state index contributed by atoms with van der Waals surface area (Å²) in [6, 6.07) is 22.2. The zero-order valence-electron chi connectivity index (χ0n) is 21.4. The Labute approximate surface area is 217 Å². The molecular weight excluding hydrogens is 468 g/mol. The van der Waals surface area contributed by atoms with Crippen molar-refractivity contribution < 1.29 is 23.9 Å². The second kappa shape index (κ2) is 10.6. The number of ether oxygens (including phenoxy) is 2. The minimum atomic E-state index is -0.922. The van der Waals surface area contributed by atoms with Gasteiger partial charge in [-0.1, -0.05) is 49.7 Å². The highest BCUT2D eigenvalue weighted by atomic mass is 16.7. The summed E-state index contributed by atoms with van der Waals surface area (Å²) in [5.74, 6) is -0.0655. The number of unbranched alkanes of at least 4 members (excludes halogenated alkanes) is 1. The molecule has 192 valence electrons. The molecule has 0 radical (unpaired) electrons. The Morgan fingerprint density at radius 1 is 0.838 bits per heavy atom. The first kappa shape index (κ1) is 24.8. The predicted molar refractivity (Wildman–Crippen MR) is 142 cm³/mol. The number of aryl methyl sites for hydroxylation is 1. The number of hydrogen-bond donors (Lipinski definition) is 0. The number of hydroxylamine groups is 1. The van der Waals surface area contributed by atoms with Crippen LogP contribution in [0, 0.1) is 12.8 Å². The molecule has 3 aromatic rings. The number of fused-ring (bicyclic) bond motifs is 1. The van der Waals surface area contributed by atoms with Crippen LogP contribution in [-0.2, 0) is 14.4 Å². The van der Waals surface area contributed by atoms with Gasteiger partial charge in [-0.3, -0.25) is 14.4 Å². The van der Waals surface area contributed by atoms with Gasteiger partial charge in [0.05, 0.1) is 30.6 Å². The Morgan fingerprint density at radius 3 is 2.35 bits per heavy atom. The van der Waals surface area contributed by atoms with Crippen molar-refractivity contribution >= 4 is 23.2 Å². The standard InChI is InChI=1S/C30H32N2O5/c1-4-6-17-36-24-16-15-21(19-25(24)35-5-2)27-26-28(37-32(27)22-12-8-7-9-13-22)30(34)31(29(26)33)23-14-10-11-20(3)18-23/h7-16,18-19,26-28H,4-6,17H2,1-3H3/t26-,27+,28-/m0/s1. The van der Waals surface area contributed by atoms with Crippen molar-refractivity contribution in [1.29, 1.82) is 0 Å². The first-order valence-corrected chi connectivity index (χ1v) is 12.9. The molecule has 0 aromatic heterocycles. The van der Waals surface area contributed by atoms with Gasteiger partial charge in [0, 0.05) is 0 Å². The van der Waals surface area contributed by atoms with Gasteiger partial charge in [0.1, 0.15) is 5.92 Å². The largest absolute Gasteiger partial charge is 0.490 e. The Balaban J connectivity index is 1.55. The molecule has 2 aliphatic rings. The number of carbonyl (C=O) groups excluding carboxylic acids is 2. The molecule has 2 saturated heterocycles. The van der Waals surface area contributed by atoms with Crippen LogP contribution in [-0.4, -0.2) is 31.1 Å². The molecule has 2 fully saturated rings. The van der Waals surface area contributed by atoms with E-state index in [4.69, 9.17) is 14.3 Å². The second-order valence-corrected chi connectivity index (χ2v) is 9.35. The van der Waals surface area contributed by atoms with Gasteiger partial charge >= 0.3 is 0 Å². The quantitative estimate of drug-likeness (QED) is 0.280. The van der Waals surface area contributed by atoms with E-state index in [9.17, 15) is 9.59 Å². The van der Waals surface area contributed by atoms with Gasteiger partial charge in [0.2, 0.25) is 5.91 Å². The fourth-order valence-corrected chi connectivity index (χ4v) is 5.00. The summed E-state index contributed by atoms with van der Waals surface area (Å²) in [6.45, 7) is 7.05. The lowest BCUT2D eigenvalue weighted by Crippen LogP contribution is -2.37. The van der Waals surface area contributed by atoms with Crippen LogP contribution in [0.2, 0.25) is 0 Å². The Bertz CT molecular complexity index is 1280. The van der Waals surface area contributed by atoms with E-state index in [0.29, 0.717) is 30.4 Å². The van der Waals surface area contributed by atoms with Crippen molar-refractivity contribution in [2.24, 2.45) is 5.92 Å². The molecule has 7 heteroatoms. The topological polar surface area (TPSA) is 68.3 Å². The molecule has 0 N–H and O–H groups in total. The van der Waals surface area contributed by atoms with E-state index < -0.39 is 18.1 Å². The summed E-state index contributed by atoms with van der Waals surface area (Å²) < 4.78 is 11.9. The van der Waals surface area contributed by atoms with E-state index in [2.05, 4.69) is 6.92 Å². The average molecular weight is 501 g/mol. The van der Waals surface area contributed by atoms with Crippen molar-refractivity contribution in [3.63, 3.8) is 0 Å². The Morgan fingerprint density at radius 2 is 1.62 bits per heavy atom. The maximum Gasteiger partial charge on any atom is 0.266 e. The van der Waals surface area contributed by atoms with Crippen LogP contribution in [0.15, 0.2) is 72.8 Å². The number of imide groups is 1. The third-order valence-corrected chi connectivity index (χ3v) is 6.75. The fraction of sp³-hybridized carbons (Fsp3) is 0.333. The van der Waals surface area contributed by atoms with Crippen LogP contribution in [0.1, 0.15) is 43.9 Å². The zero-order chi connectivity index (χ0) is 25.9. The lowest BCUT2D eigenvalue weighted by atomic mass is 9.90. The number of anilines is 2. The SMILES string of the molecule is CCCCOc1ccc([C@@H]2[C@@H]3C(=O)N(c4cccc(C)c4)C(=O)[C@H]3ON2c2ccccc2)cc1OCC. The molecular formula is C30H32N2O5. The zero-order valence-corrected chi connectivity index (χ0v) is 21.4. The van der Waals surface area contributed by atoms with E-state index in [0.717, 1.165) is 29.7 Å². The van der Waals surface area contributed by atoms with Gasteiger partial charge in [-0.15, -0.1) is 0 Å². The van der Waals surface area contributed by atoms with Crippen molar-refractivity contribution in [3.05, 3.63) is 83.9 Å². The van der Waals surface area contributed by atoms with Crippen LogP contribution in [0.3, 0.4) is 0 Å². The Hall–Kier alpha value is -3.84. The van der Waals surface area contributed by atoms with Crippen LogP contribution in [0.25, 0.3) is 0 Å². The number of rotatable bonds is 9. The molecule has 3 aromatic carbocycles. The van der Waals surface area contributed by atoms with E-state index in [1.54, 1.807) is 11.1 Å². The molecule has 0 aliphatic carbocycles. The van der Waals surface area contributed by atoms with Crippen molar-refractivity contribution in [2.75, 3.05) is 23.2 Å². The first-order valence-electron chi connectivity index (χ1n) is 12.9. The van der Waals surface area contributed by atoms with Gasteiger partial charge < -0.3 is 9.47 Å². The molecule has 2 amide bonds. The normalized spacial score (nSPS) is 20.9. The van der Waals surface area contributed by atoms with E-state index in [1.165, 1.54) is 4.90 Å². The van der Waals surface area contributed by atoms with Crippen molar-refractivity contribution in [2.45, 2.75) is 45.8 Å². The molecule has 0 saturated carbocycles. The van der Waals surface area contributed by atoms with E-state index in [1.807, 2.05) is 80.6 Å². The number of para-hydroxylation sites is 1. The van der Waals surface area contributed by atoms with E-state index >= 15 is 0 Å². The highest BCUT2D eigenvalue weighted by Crippen LogP contribution is 2.48. The van der Waals surface area contributed by atoms with Crippen LogP contribution >= 0.6 is 0 Å². The van der Waals surface area contributed by atoms with E-state index in [-0.39, 0.29) is 11.8 Å². The van der Waals surface area contributed by atoms with Gasteiger partial charge in [0.25, 0.3) is 5.91 Å². The molecule has 0 bridgehead atoms.